The van der Waals surface area contributed by atoms with Gasteiger partial charge in [0.2, 0.25) is 0 Å². The van der Waals surface area contributed by atoms with Crippen LogP contribution in [-0.2, 0) is 0 Å². The number of rotatable bonds is 6. The van der Waals surface area contributed by atoms with E-state index in [1.807, 2.05) is 70.2 Å². The average molecular weight is 393 g/mol. The minimum absolute atomic E-state index is 0.114. The Morgan fingerprint density at radius 1 is 0.862 bits per heavy atom. The van der Waals surface area contributed by atoms with Crippen LogP contribution in [0.4, 0.5) is 0 Å². The lowest BCUT2D eigenvalue weighted by molar-refractivity contribution is 0.415. The maximum atomic E-state index is 6.15. The summed E-state index contributed by atoms with van der Waals surface area (Å²) >= 11 is 0. The monoisotopic (exact) mass is 392 g/mol. The first-order chi connectivity index (χ1) is 13.8. The molecule has 0 aliphatic carbocycles. The predicted octanol–water partition coefficient (Wildman–Crippen LogP) is 4.34. The zero-order chi connectivity index (χ0) is 21.1. The number of hydrogen-bond donors (Lipinski definition) is 2. The smallest absolute Gasteiger partial charge is 0.139 e. The first kappa shape index (κ1) is 20.5. The Hall–Kier alpha value is -3.28. The van der Waals surface area contributed by atoms with Crippen molar-refractivity contribution in [2.24, 2.45) is 21.5 Å². The van der Waals surface area contributed by atoms with Crippen LogP contribution in [0.25, 0.3) is 22.3 Å². The maximum Gasteiger partial charge on any atom is 0.139 e. The fraction of sp³-hybridized carbons (Fsp3) is 0.304. The van der Waals surface area contributed by atoms with Gasteiger partial charge in [-0.05, 0) is 58.0 Å². The minimum Gasteiger partial charge on any atom is -0.496 e. The molecule has 0 radical (unpaired) electrons. The standard InChI is InChI=1S/C23H28N4O2/c1-13(2)26-22(24)16-8-9-19(28-5)18(10-16)21-11-15-6-7-17(12-20(15)29-21)23(25)27-14(3)4/h6-14H,1-5H3,(H2,24,26)(H2,25,27). The summed E-state index contributed by atoms with van der Waals surface area (Å²) in [5.74, 6) is 2.37. The third-order valence-corrected chi connectivity index (χ3v) is 4.37. The summed E-state index contributed by atoms with van der Waals surface area (Å²) in [5, 5.41) is 0.970. The molecule has 0 saturated heterocycles. The molecular formula is C23H28N4O2. The predicted molar refractivity (Wildman–Crippen MR) is 120 cm³/mol. The van der Waals surface area contributed by atoms with E-state index < -0.39 is 0 Å². The van der Waals surface area contributed by atoms with Crippen LogP contribution in [0.5, 0.6) is 5.75 Å². The average Bonchev–Trinajstić information content (AvgIpc) is 3.09. The zero-order valence-corrected chi connectivity index (χ0v) is 17.6. The minimum atomic E-state index is 0.114. The van der Waals surface area contributed by atoms with Gasteiger partial charge in [0.1, 0.15) is 28.8 Å². The van der Waals surface area contributed by atoms with Crippen LogP contribution in [0.15, 0.2) is 56.9 Å². The lowest BCUT2D eigenvalue weighted by Crippen LogP contribution is -2.15. The number of amidine groups is 2. The van der Waals surface area contributed by atoms with E-state index in [1.54, 1.807) is 7.11 Å². The molecule has 0 spiro atoms. The van der Waals surface area contributed by atoms with E-state index in [9.17, 15) is 0 Å². The fourth-order valence-corrected chi connectivity index (χ4v) is 3.09. The van der Waals surface area contributed by atoms with Gasteiger partial charge in [-0.25, -0.2) is 0 Å². The molecule has 4 N–H and O–H groups in total. The second-order valence-electron chi connectivity index (χ2n) is 7.49. The second-order valence-corrected chi connectivity index (χ2v) is 7.49. The van der Waals surface area contributed by atoms with Crippen molar-refractivity contribution in [3.8, 4) is 17.1 Å². The molecule has 0 unspecified atom stereocenters. The van der Waals surface area contributed by atoms with Gasteiger partial charge < -0.3 is 20.6 Å². The third kappa shape index (κ3) is 4.59. The highest BCUT2D eigenvalue weighted by molar-refractivity contribution is 6.01. The van der Waals surface area contributed by atoms with Crippen molar-refractivity contribution in [1.29, 1.82) is 0 Å². The van der Waals surface area contributed by atoms with E-state index in [1.165, 1.54) is 0 Å². The number of furan rings is 1. The van der Waals surface area contributed by atoms with Crippen LogP contribution >= 0.6 is 0 Å². The van der Waals surface area contributed by atoms with Gasteiger partial charge in [0, 0.05) is 28.6 Å². The highest BCUT2D eigenvalue weighted by Gasteiger charge is 2.14. The topological polar surface area (TPSA) is 99.1 Å². The largest absolute Gasteiger partial charge is 0.496 e. The number of ether oxygens (including phenoxy) is 1. The van der Waals surface area contributed by atoms with E-state index in [2.05, 4.69) is 9.98 Å². The number of aliphatic imine (C=N–C) groups is 2. The first-order valence-corrected chi connectivity index (χ1v) is 9.67. The summed E-state index contributed by atoms with van der Waals surface area (Å²) in [4.78, 5) is 8.84. The molecule has 2 aromatic carbocycles. The lowest BCUT2D eigenvalue weighted by atomic mass is 10.1. The van der Waals surface area contributed by atoms with E-state index >= 15 is 0 Å². The van der Waals surface area contributed by atoms with E-state index in [4.69, 9.17) is 20.6 Å². The van der Waals surface area contributed by atoms with Crippen LogP contribution in [0.3, 0.4) is 0 Å². The molecule has 0 aliphatic heterocycles. The van der Waals surface area contributed by atoms with Crippen molar-refractivity contribution in [2.45, 2.75) is 39.8 Å². The van der Waals surface area contributed by atoms with Gasteiger partial charge >= 0.3 is 0 Å². The third-order valence-electron chi connectivity index (χ3n) is 4.37. The molecule has 1 heterocycles. The van der Waals surface area contributed by atoms with Crippen molar-refractivity contribution in [1.82, 2.24) is 0 Å². The Kier molecular flexibility index (Phi) is 5.92. The van der Waals surface area contributed by atoms with Gasteiger partial charge in [-0.3, -0.25) is 9.98 Å². The van der Waals surface area contributed by atoms with Crippen molar-refractivity contribution in [3.63, 3.8) is 0 Å². The highest BCUT2D eigenvalue weighted by Crippen LogP contribution is 2.35. The van der Waals surface area contributed by atoms with E-state index in [0.29, 0.717) is 23.2 Å². The Bertz CT molecular complexity index is 1080. The SMILES string of the molecule is COc1ccc(C(N)=NC(C)C)cc1-c1cc2ccc(C(N)=NC(C)C)cc2o1. The molecular weight excluding hydrogens is 364 g/mol. The summed E-state index contributed by atoms with van der Waals surface area (Å²) in [6, 6.07) is 13.8. The van der Waals surface area contributed by atoms with Gasteiger partial charge in [0.15, 0.2) is 0 Å². The molecule has 0 atom stereocenters. The molecule has 29 heavy (non-hydrogen) atoms. The Balaban J connectivity index is 2.08. The quantitative estimate of drug-likeness (QED) is 0.481. The van der Waals surface area contributed by atoms with Gasteiger partial charge in [0.25, 0.3) is 0 Å². The van der Waals surface area contributed by atoms with Crippen molar-refractivity contribution < 1.29 is 9.15 Å². The molecule has 0 aliphatic rings. The molecule has 1 aromatic heterocycles. The van der Waals surface area contributed by atoms with Crippen LogP contribution in [0, 0.1) is 0 Å². The summed E-state index contributed by atoms with van der Waals surface area (Å²) in [5.41, 5.74) is 15.5. The number of benzene rings is 2. The lowest BCUT2D eigenvalue weighted by Gasteiger charge is -2.09. The number of nitrogens with two attached hydrogens (primary N) is 2. The van der Waals surface area contributed by atoms with E-state index in [-0.39, 0.29) is 12.1 Å². The van der Waals surface area contributed by atoms with Gasteiger partial charge in [-0.2, -0.15) is 0 Å². The second kappa shape index (κ2) is 8.39. The van der Waals surface area contributed by atoms with Gasteiger partial charge in [0.05, 0.1) is 12.7 Å². The van der Waals surface area contributed by atoms with Crippen molar-refractivity contribution in [3.05, 3.63) is 53.6 Å². The number of methoxy groups -OCH3 is 1. The molecule has 3 aromatic rings. The summed E-state index contributed by atoms with van der Waals surface area (Å²) in [6.45, 7) is 7.96. The maximum absolute atomic E-state index is 6.15. The fourth-order valence-electron chi connectivity index (χ4n) is 3.09. The summed E-state index contributed by atoms with van der Waals surface area (Å²) < 4.78 is 11.7. The molecule has 0 saturated carbocycles. The molecule has 6 heteroatoms. The van der Waals surface area contributed by atoms with Crippen LogP contribution < -0.4 is 16.2 Å². The van der Waals surface area contributed by atoms with E-state index in [0.717, 1.165) is 27.7 Å². The molecule has 3 rings (SSSR count). The van der Waals surface area contributed by atoms with Crippen LogP contribution in [-0.4, -0.2) is 30.9 Å². The van der Waals surface area contributed by atoms with Gasteiger partial charge in [-0.1, -0.05) is 12.1 Å². The number of hydrogen-bond acceptors (Lipinski definition) is 4. The first-order valence-electron chi connectivity index (χ1n) is 9.67. The number of nitrogens with zero attached hydrogens (tertiary/aromatic N) is 2. The summed E-state index contributed by atoms with van der Waals surface area (Å²) in [7, 11) is 1.63. The Morgan fingerprint density at radius 2 is 1.45 bits per heavy atom. The van der Waals surface area contributed by atoms with Crippen molar-refractivity contribution >= 4 is 22.6 Å². The molecule has 6 nitrogen and oxygen atoms in total. The van der Waals surface area contributed by atoms with Gasteiger partial charge in [-0.15, -0.1) is 0 Å². The van der Waals surface area contributed by atoms with Crippen molar-refractivity contribution in [2.75, 3.05) is 7.11 Å². The van der Waals surface area contributed by atoms with Crippen LogP contribution in [0.2, 0.25) is 0 Å². The Labute approximate surface area is 171 Å². The Morgan fingerprint density at radius 3 is 2.03 bits per heavy atom. The molecule has 0 bridgehead atoms. The molecule has 0 fully saturated rings. The molecule has 152 valence electrons. The zero-order valence-electron chi connectivity index (χ0n) is 17.6. The summed E-state index contributed by atoms with van der Waals surface area (Å²) in [6.07, 6.45) is 0. The number of fused-ring (bicyclic) bond motifs is 1. The van der Waals surface area contributed by atoms with Crippen LogP contribution in [0.1, 0.15) is 38.8 Å². The highest BCUT2D eigenvalue weighted by atomic mass is 16.5. The normalized spacial score (nSPS) is 12.9. The molecule has 0 amide bonds.